The van der Waals surface area contributed by atoms with Gasteiger partial charge in [0.2, 0.25) is 0 Å². The molecule has 8 rings (SSSR count). The molecular weight excluding hydrogens is 673 g/mol. The molecule has 2 aromatic heterocycles. The van der Waals surface area contributed by atoms with Crippen molar-refractivity contribution in [3.05, 3.63) is 150 Å². The molecule has 0 bridgehead atoms. The molecule has 4 aliphatic rings. The fourth-order valence-corrected chi connectivity index (χ4v) is 13.3. The summed E-state index contributed by atoms with van der Waals surface area (Å²) in [5.74, 6) is 0. The van der Waals surface area contributed by atoms with E-state index in [-0.39, 0.29) is 24.8 Å². The zero-order valence-corrected chi connectivity index (χ0v) is 29.2. The van der Waals surface area contributed by atoms with E-state index >= 15 is 0 Å². The van der Waals surface area contributed by atoms with Crippen LogP contribution in [0.1, 0.15) is 55.9 Å². The predicted molar refractivity (Wildman–Crippen MR) is 171 cm³/mol. The number of benzene rings is 2. The van der Waals surface area contributed by atoms with Gasteiger partial charge < -0.3 is 24.8 Å². The van der Waals surface area contributed by atoms with Crippen LogP contribution in [-0.2, 0) is 23.2 Å². The first-order valence-corrected chi connectivity index (χ1v) is 18.2. The molecule has 42 heavy (non-hydrogen) atoms. The molecule has 4 aromatic rings. The Hall–Kier alpha value is -2.33. The third-order valence-corrected chi connectivity index (χ3v) is 14.5. The van der Waals surface area contributed by atoms with Crippen molar-refractivity contribution < 1.29 is 48.0 Å². The normalized spacial score (nSPS) is 18.5. The molecule has 0 saturated carbocycles. The fraction of sp³-hybridized carbons (Fsp3) is 0.139. The molecule has 6 heteroatoms. The van der Waals surface area contributed by atoms with Crippen molar-refractivity contribution in [2.75, 3.05) is 0 Å². The van der Waals surface area contributed by atoms with Crippen molar-refractivity contribution in [1.82, 2.24) is 0 Å². The second-order valence-corrected chi connectivity index (χ2v) is 16.8. The van der Waals surface area contributed by atoms with Crippen molar-refractivity contribution in [3.63, 3.8) is 0 Å². The Bertz CT molecular complexity index is 1730. The first kappa shape index (κ1) is 31.1. The van der Waals surface area contributed by atoms with Gasteiger partial charge in [0.1, 0.15) is 0 Å². The Morgan fingerprint density at radius 2 is 1.17 bits per heavy atom. The number of allylic oxidation sites excluding steroid dienone is 6. The Morgan fingerprint density at radius 1 is 0.643 bits per heavy atom. The molecule has 2 unspecified atom stereocenters. The monoisotopic (exact) mass is 699 g/mol. The van der Waals surface area contributed by atoms with Crippen molar-refractivity contribution in [1.29, 1.82) is 0 Å². The standard InChI is InChI=1S/2C14H11S.C8H7N.2ClH.Zr/c2*1-10-6-7-14(15-10)13-8-11-4-2-3-5-12(11)9-13;1-6-5-7-3-2-4-8(7)9-6;;;/h2*2-9H,1H3;2-5H,1H3;2*1H;/q;;;;;+2/p-2. The molecule has 2 aromatic carbocycles. The molecule has 0 spiro atoms. The summed E-state index contributed by atoms with van der Waals surface area (Å²) in [5.41, 5.74) is 12.6. The van der Waals surface area contributed by atoms with Crippen LogP contribution in [-0.4, -0.2) is 5.71 Å². The minimum absolute atomic E-state index is 0. The van der Waals surface area contributed by atoms with Crippen LogP contribution in [0.3, 0.4) is 0 Å². The van der Waals surface area contributed by atoms with Gasteiger partial charge >= 0.3 is 205 Å². The number of aryl methyl sites for hydroxylation is 2. The van der Waals surface area contributed by atoms with Crippen LogP contribution in [0.4, 0.5) is 0 Å². The maximum atomic E-state index is 4.27. The summed E-state index contributed by atoms with van der Waals surface area (Å²) in [6.07, 6.45) is 13.2. The van der Waals surface area contributed by atoms with E-state index in [9.17, 15) is 0 Å². The van der Waals surface area contributed by atoms with Gasteiger partial charge in [-0.3, -0.25) is 4.99 Å². The van der Waals surface area contributed by atoms with Gasteiger partial charge in [-0.25, -0.2) is 0 Å². The number of fused-ring (bicyclic) bond motifs is 3. The van der Waals surface area contributed by atoms with Gasteiger partial charge in [0.15, 0.2) is 0 Å². The fourth-order valence-electron chi connectivity index (χ4n) is 5.87. The molecule has 3 aliphatic carbocycles. The number of nitrogens with zero attached hydrogens (tertiary/aromatic N) is 1. The molecule has 0 fully saturated rings. The molecule has 0 amide bonds. The molecule has 0 radical (unpaired) electrons. The van der Waals surface area contributed by atoms with E-state index in [4.69, 9.17) is 0 Å². The molecule has 2 atom stereocenters. The second kappa shape index (κ2) is 13.1. The minimum Gasteiger partial charge on any atom is -1.00 e. The number of thiophene rings is 2. The van der Waals surface area contributed by atoms with E-state index in [1.165, 1.54) is 36.2 Å². The van der Waals surface area contributed by atoms with Crippen molar-refractivity contribution >= 4 is 51.7 Å². The van der Waals surface area contributed by atoms with E-state index in [1.807, 2.05) is 41.7 Å². The molecular formula is C36H29Cl2NS2Zr. The third kappa shape index (κ3) is 6.03. The Kier molecular flexibility index (Phi) is 9.72. The largest absolute Gasteiger partial charge is 1.00 e. The molecule has 0 saturated heterocycles. The van der Waals surface area contributed by atoms with E-state index in [0.717, 1.165) is 11.4 Å². The number of rotatable bonds is 4. The van der Waals surface area contributed by atoms with Crippen LogP contribution in [0, 0.1) is 13.8 Å². The summed E-state index contributed by atoms with van der Waals surface area (Å²) in [6, 6.07) is 27.4. The first-order valence-electron chi connectivity index (χ1n) is 13.7. The van der Waals surface area contributed by atoms with Gasteiger partial charge in [0, 0.05) is 11.3 Å². The Labute approximate surface area is 280 Å². The molecule has 208 valence electrons. The summed E-state index contributed by atoms with van der Waals surface area (Å²) in [5, 5.41) is 0. The van der Waals surface area contributed by atoms with E-state index in [2.05, 4.69) is 116 Å². The van der Waals surface area contributed by atoms with Gasteiger partial charge in [-0.05, 0) is 19.1 Å². The minimum atomic E-state index is -0.910. The van der Waals surface area contributed by atoms with Crippen molar-refractivity contribution in [2.45, 2.75) is 28.0 Å². The average molecular weight is 702 g/mol. The second-order valence-electron chi connectivity index (χ2n) is 10.6. The number of hydrogen-bond acceptors (Lipinski definition) is 3. The maximum Gasteiger partial charge on any atom is -1.00 e. The maximum absolute atomic E-state index is 4.27. The van der Waals surface area contributed by atoms with Gasteiger partial charge in [-0.2, -0.15) is 0 Å². The number of aliphatic imine (C=N–C) groups is 1. The van der Waals surface area contributed by atoms with Crippen LogP contribution in [0.5, 0.6) is 0 Å². The molecule has 3 heterocycles. The van der Waals surface area contributed by atoms with E-state index in [0.29, 0.717) is 7.25 Å². The zero-order chi connectivity index (χ0) is 27.2. The van der Waals surface area contributed by atoms with E-state index < -0.39 is 23.2 Å². The van der Waals surface area contributed by atoms with Gasteiger partial charge in [0.25, 0.3) is 0 Å². The summed E-state index contributed by atoms with van der Waals surface area (Å²) >= 11 is 2.99. The Morgan fingerprint density at radius 3 is 1.64 bits per heavy atom. The summed E-state index contributed by atoms with van der Waals surface area (Å²) in [6.45, 7) is 6.46. The van der Waals surface area contributed by atoms with Crippen LogP contribution in [0.25, 0.3) is 23.3 Å². The summed E-state index contributed by atoms with van der Waals surface area (Å²) in [4.78, 5) is 10.00. The van der Waals surface area contributed by atoms with Crippen molar-refractivity contribution in [2.24, 2.45) is 4.99 Å². The molecule has 1 aliphatic heterocycles. The van der Waals surface area contributed by atoms with Crippen LogP contribution < -0.4 is 24.8 Å². The predicted octanol–water partition coefficient (Wildman–Crippen LogP) is 4.25. The number of hydrogen-bond donors (Lipinski definition) is 0. The number of halogens is 2. The van der Waals surface area contributed by atoms with Crippen LogP contribution >= 0.6 is 22.7 Å². The average Bonchev–Trinajstić information content (AvgIpc) is 3.78. The van der Waals surface area contributed by atoms with Gasteiger partial charge in [-0.1, -0.05) is 12.2 Å². The third-order valence-electron chi connectivity index (χ3n) is 7.73. The molecule has 1 nitrogen and oxygen atoms in total. The van der Waals surface area contributed by atoms with Crippen LogP contribution in [0.15, 0.2) is 113 Å². The zero-order valence-electron chi connectivity index (χ0n) is 23.6. The van der Waals surface area contributed by atoms with Gasteiger partial charge in [0.05, 0.1) is 5.70 Å². The van der Waals surface area contributed by atoms with Gasteiger partial charge in [-0.15, -0.1) is 0 Å². The SMILES string of the molecule is CC1=NC2=CC=CC2=C1.Cc1ccc(C2=Cc3ccccc3[CH]2[Zr+2][CH]2C(c3ccc(C)s3)=Cc3ccccc32)s1.[Cl-].[Cl-]. The van der Waals surface area contributed by atoms with E-state index in [1.54, 1.807) is 22.3 Å². The smallest absolute Gasteiger partial charge is 1.00 e. The quantitative estimate of drug-likeness (QED) is 0.302. The Balaban J connectivity index is 0.000000274. The van der Waals surface area contributed by atoms with Crippen LogP contribution in [0.2, 0.25) is 0 Å². The summed E-state index contributed by atoms with van der Waals surface area (Å²) in [7, 11) is 0. The summed E-state index contributed by atoms with van der Waals surface area (Å²) < 4.78 is 1.19. The molecule has 0 N–H and O–H groups in total. The topological polar surface area (TPSA) is 12.4 Å². The van der Waals surface area contributed by atoms with Crippen molar-refractivity contribution in [3.8, 4) is 0 Å². The first-order chi connectivity index (χ1) is 19.5.